The van der Waals surface area contributed by atoms with Gasteiger partial charge in [-0.3, -0.25) is 4.79 Å². The predicted octanol–water partition coefficient (Wildman–Crippen LogP) is 0.833. The summed E-state index contributed by atoms with van der Waals surface area (Å²) in [5, 5.41) is 12.5. The normalized spacial score (nSPS) is 32.0. The number of piperidine rings is 1. The standard InChI is InChI=1S/C11H16N2O2/c1-2-15-9(14)11(8-12)7-10(11)3-5-13-6-4-10/h13H,2-7H2,1H3. The van der Waals surface area contributed by atoms with E-state index >= 15 is 0 Å². The van der Waals surface area contributed by atoms with Gasteiger partial charge in [0.05, 0.1) is 12.7 Å². The molecule has 1 heterocycles. The molecule has 1 saturated carbocycles. The molecule has 4 heteroatoms. The molecule has 2 fully saturated rings. The summed E-state index contributed by atoms with van der Waals surface area (Å²) in [6.45, 7) is 3.95. The molecule has 0 aromatic carbocycles. The molecule has 0 aromatic heterocycles. The quantitative estimate of drug-likeness (QED) is 0.683. The summed E-state index contributed by atoms with van der Waals surface area (Å²) in [5.74, 6) is -0.311. The van der Waals surface area contributed by atoms with Gasteiger partial charge < -0.3 is 10.1 Å². The second kappa shape index (κ2) is 3.49. The third-order valence-corrected chi connectivity index (χ3v) is 3.76. The van der Waals surface area contributed by atoms with Gasteiger partial charge in [0.1, 0.15) is 0 Å². The minimum absolute atomic E-state index is 0.0841. The average molecular weight is 208 g/mol. The highest BCUT2D eigenvalue weighted by Crippen LogP contribution is 2.68. The Morgan fingerprint density at radius 1 is 1.53 bits per heavy atom. The molecule has 0 radical (unpaired) electrons. The Morgan fingerprint density at radius 3 is 2.73 bits per heavy atom. The molecule has 0 bridgehead atoms. The minimum atomic E-state index is -0.828. The molecule has 2 rings (SSSR count). The molecule has 1 saturated heterocycles. The first-order valence-electron chi connectivity index (χ1n) is 5.50. The number of ether oxygens (including phenoxy) is 1. The van der Waals surface area contributed by atoms with Crippen LogP contribution in [0.4, 0.5) is 0 Å². The lowest BCUT2D eigenvalue weighted by Crippen LogP contribution is -2.34. The smallest absolute Gasteiger partial charge is 0.327 e. The number of nitrogens with zero attached hydrogens (tertiary/aromatic N) is 1. The Morgan fingerprint density at radius 2 is 2.20 bits per heavy atom. The molecular formula is C11H16N2O2. The van der Waals surface area contributed by atoms with Gasteiger partial charge in [-0.15, -0.1) is 0 Å². The lowest BCUT2D eigenvalue weighted by molar-refractivity contribution is -0.149. The van der Waals surface area contributed by atoms with Gasteiger partial charge in [0.25, 0.3) is 0 Å². The number of hydrogen-bond donors (Lipinski definition) is 1. The average Bonchev–Trinajstić information content (AvgIpc) is 2.88. The van der Waals surface area contributed by atoms with E-state index in [1.165, 1.54) is 0 Å². The van der Waals surface area contributed by atoms with E-state index in [2.05, 4.69) is 11.4 Å². The zero-order chi connectivity index (χ0) is 10.9. The summed E-state index contributed by atoms with van der Waals surface area (Å²) < 4.78 is 5.01. The van der Waals surface area contributed by atoms with Crippen LogP contribution in [0.2, 0.25) is 0 Å². The highest BCUT2D eigenvalue weighted by Gasteiger charge is 2.73. The Bertz CT molecular complexity index is 315. The second-order valence-electron chi connectivity index (χ2n) is 4.44. The molecule has 15 heavy (non-hydrogen) atoms. The van der Waals surface area contributed by atoms with Crippen LogP contribution in [0.3, 0.4) is 0 Å². The molecule has 1 aliphatic carbocycles. The van der Waals surface area contributed by atoms with Crippen molar-refractivity contribution in [3.05, 3.63) is 0 Å². The fourth-order valence-corrected chi connectivity index (χ4v) is 2.72. The van der Waals surface area contributed by atoms with Crippen LogP contribution in [-0.2, 0) is 9.53 Å². The molecule has 0 aromatic rings. The van der Waals surface area contributed by atoms with Crippen LogP contribution < -0.4 is 5.32 Å². The molecule has 2 aliphatic rings. The summed E-state index contributed by atoms with van der Waals surface area (Å²) in [4.78, 5) is 11.8. The monoisotopic (exact) mass is 208 g/mol. The summed E-state index contributed by atoms with van der Waals surface area (Å²) in [6.07, 6.45) is 2.52. The first-order chi connectivity index (χ1) is 7.21. The number of carbonyl (C=O) groups excluding carboxylic acids is 1. The molecule has 1 spiro atoms. The van der Waals surface area contributed by atoms with Crippen molar-refractivity contribution in [1.29, 1.82) is 5.26 Å². The van der Waals surface area contributed by atoms with Gasteiger partial charge in [-0.05, 0) is 39.3 Å². The number of nitrogens with one attached hydrogen (secondary N) is 1. The van der Waals surface area contributed by atoms with Gasteiger partial charge in [0.2, 0.25) is 0 Å². The molecule has 1 unspecified atom stereocenters. The fraction of sp³-hybridized carbons (Fsp3) is 0.818. The predicted molar refractivity (Wildman–Crippen MR) is 53.8 cm³/mol. The Kier molecular flexibility index (Phi) is 2.43. The fourth-order valence-electron chi connectivity index (χ4n) is 2.72. The van der Waals surface area contributed by atoms with Gasteiger partial charge in [-0.25, -0.2) is 0 Å². The molecule has 82 valence electrons. The van der Waals surface area contributed by atoms with Crippen molar-refractivity contribution >= 4 is 5.97 Å². The zero-order valence-electron chi connectivity index (χ0n) is 9.01. The van der Waals surface area contributed by atoms with E-state index < -0.39 is 5.41 Å². The van der Waals surface area contributed by atoms with Crippen molar-refractivity contribution in [1.82, 2.24) is 5.32 Å². The van der Waals surface area contributed by atoms with Crippen LogP contribution in [-0.4, -0.2) is 25.7 Å². The van der Waals surface area contributed by atoms with E-state index in [-0.39, 0.29) is 11.4 Å². The number of hydrogen-bond acceptors (Lipinski definition) is 4. The lowest BCUT2D eigenvalue weighted by Gasteiger charge is -2.25. The summed E-state index contributed by atoms with van der Waals surface area (Å²) in [6, 6.07) is 2.20. The van der Waals surface area contributed by atoms with Crippen molar-refractivity contribution in [2.75, 3.05) is 19.7 Å². The topological polar surface area (TPSA) is 62.1 Å². The van der Waals surface area contributed by atoms with Gasteiger partial charge in [0, 0.05) is 5.41 Å². The molecule has 1 aliphatic heterocycles. The largest absolute Gasteiger partial charge is 0.465 e. The highest BCUT2D eigenvalue weighted by atomic mass is 16.5. The van der Waals surface area contributed by atoms with Gasteiger partial charge in [-0.1, -0.05) is 0 Å². The van der Waals surface area contributed by atoms with Crippen LogP contribution in [0.1, 0.15) is 26.2 Å². The van der Waals surface area contributed by atoms with Crippen LogP contribution in [0.25, 0.3) is 0 Å². The van der Waals surface area contributed by atoms with Crippen LogP contribution in [0.5, 0.6) is 0 Å². The third-order valence-electron chi connectivity index (χ3n) is 3.76. The van der Waals surface area contributed by atoms with E-state index in [1.54, 1.807) is 6.92 Å². The maximum atomic E-state index is 11.8. The number of carbonyl (C=O) groups is 1. The number of nitriles is 1. The summed E-state index contributed by atoms with van der Waals surface area (Å²) in [7, 11) is 0. The first-order valence-corrected chi connectivity index (χ1v) is 5.50. The van der Waals surface area contributed by atoms with Crippen molar-refractivity contribution in [3.8, 4) is 6.07 Å². The zero-order valence-corrected chi connectivity index (χ0v) is 9.01. The lowest BCUT2D eigenvalue weighted by atomic mass is 9.85. The minimum Gasteiger partial charge on any atom is -0.465 e. The van der Waals surface area contributed by atoms with Crippen LogP contribution in [0.15, 0.2) is 0 Å². The Hall–Kier alpha value is -1.08. The van der Waals surface area contributed by atoms with E-state index in [0.717, 1.165) is 25.9 Å². The first kappa shape index (κ1) is 10.4. The molecule has 1 atom stereocenters. The van der Waals surface area contributed by atoms with Crippen LogP contribution in [0, 0.1) is 22.2 Å². The summed E-state index contributed by atoms with van der Waals surface area (Å²) in [5.41, 5.74) is -0.912. The molecule has 1 N–H and O–H groups in total. The third kappa shape index (κ3) is 1.34. The SMILES string of the molecule is CCOC(=O)C1(C#N)CC12CCNCC2. The Labute approximate surface area is 89.6 Å². The van der Waals surface area contributed by atoms with E-state index in [9.17, 15) is 10.1 Å². The van der Waals surface area contributed by atoms with Gasteiger partial charge in [0.15, 0.2) is 5.41 Å². The van der Waals surface area contributed by atoms with E-state index in [1.807, 2.05) is 0 Å². The Balaban J connectivity index is 2.13. The van der Waals surface area contributed by atoms with Crippen LogP contribution >= 0.6 is 0 Å². The van der Waals surface area contributed by atoms with Gasteiger partial charge >= 0.3 is 5.97 Å². The number of rotatable bonds is 2. The molecule has 0 amide bonds. The highest BCUT2D eigenvalue weighted by molar-refractivity contribution is 5.85. The second-order valence-corrected chi connectivity index (χ2v) is 4.44. The van der Waals surface area contributed by atoms with Crippen molar-refractivity contribution in [3.63, 3.8) is 0 Å². The summed E-state index contributed by atoms with van der Waals surface area (Å²) >= 11 is 0. The van der Waals surface area contributed by atoms with Crippen molar-refractivity contribution < 1.29 is 9.53 Å². The van der Waals surface area contributed by atoms with Gasteiger partial charge in [-0.2, -0.15) is 5.26 Å². The maximum absolute atomic E-state index is 11.8. The molecule has 4 nitrogen and oxygen atoms in total. The van der Waals surface area contributed by atoms with Crippen molar-refractivity contribution in [2.24, 2.45) is 10.8 Å². The van der Waals surface area contributed by atoms with Crippen molar-refractivity contribution in [2.45, 2.75) is 26.2 Å². The van der Waals surface area contributed by atoms with E-state index in [4.69, 9.17) is 4.74 Å². The maximum Gasteiger partial charge on any atom is 0.327 e. The number of esters is 1. The van der Waals surface area contributed by atoms with E-state index in [0.29, 0.717) is 13.0 Å². The molecular weight excluding hydrogens is 192 g/mol.